The Morgan fingerprint density at radius 3 is 2.41 bits per heavy atom. The molecule has 34 heavy (non-hydrogen) atoms. The Morgan fingerprint density at radius 1 is 1.06 bits per heavy atom. The first-order valence-corrected chi connectivity index (χ1v) is 11.8. The third-order valence-electron chi connectivity index (χ3n) is 6.09. The number of hydrogen-bond acceptors (Lipinski definition) is 5. The van der Waals surface area contributed by atoms with Gasteiger partial charge in [-0.3, -0.25) is 0 Å². The zero-order valence-corrected chi connectivity index (χ0v) is 20.3. The van der Waals surface area contributed by atoms with Crippen LogP contribution < -0.4 is 20.9 Å². The molecule has 1 saturated heterocycles. The zero-order chi connectivity index (χ0) is 23.9. The van der Waals surface area contributed by atoms with Gasteiger partial charge in [0.25, 0.3) is 0 Å². The van der Waals surface area contributed by atoms with Gasteiger partial charge in [-0.1, -0.05) is 44.2 Å². The highest BCUT2D eigenvalue weighted by Gasteiger charge is 2.16. The zero-order valence-electron chi connectivity index (χ0n) is 20.3. The van der Waals surface area contributed by atoms with Crippen LogP contribution in [0.2, 0.25) is 0 Å². The molecular weight excluding hydrogens is 424 g/mol. The van der Waals surface area contributed by atoms with Gasteiger partial charge in [-0.25, -0.2) is 10.8 Å². The van der Waals surface area contributed by atoms with Crippen LogP contribution in [-0.2, 0) is 11.3 Å². The average molecular weight is 459 g/mol. The Bertz CT molecular complexity index is 1110. The fraction of sp³-hybridized carbons (Fsp3) is 0.321. The number of amidine groups is 1. The van der Waals surface area contributed by atoms with Crippen LogP contribution in [0.5, 0.6) is 5.75 Å². The Balaban J connectivity index is 1.64. The van der Waals surface area contributed by atoms with E-state index in [4.69, 9.17) is 20.3 Å². The number of nitrogens with two attached hydrogens (primary N) is 1. The van der Waals surface area contributed by atoms with Crippen molar-refractivity contribution in [1.82, 2.24) is 5.43 Å². The van der Waals surface area contributed by atoms with E-state index in [1.807, 2.05) is 30.3 Å². The van der Waals surface area contributed by atoms with E-state index < -0.39 is 0 Å². The Kier molecular flexibility index (Phi) is 7.83. The van der Waals surface area contributed by atoms with Gasteiger partial charge in [0, 0.05) is 18.8 Å². The second-order valence-corrected chi connectivity index (χ2v) is 8.85. The summed E-state index contributed by atoms with van der Waals surface area (Å²) in [6.07, 6.45) is 0. The van der Waals surface area contributed by atoms with Crippen molar-refractivity contribution in [3.8, 4) is 5.75 Å². The fourth-order valence-electron chi connectivity index (χ4n) is 4.22. The van der Waals surface area contributed by atoms with E-state index in [0.717, 1.165) is 48.9 Å². The third-order valence-corrected chi connectivity index (χ3v) is 6.09. The summed E-state index contributed by atoms with van der Waals surface area (Å²) in [5.41, 5.74) is 9.20. The summed E-state index contributed by atoms with van der Waals surface area (Å²) in [6, 6.07) is 22.6. The molecule has 3 aromatic carbocycles. The minimum Gasteiger partial charge on any atom is -0.488 e. The van der Waals surface area contributed by atoms with Crippen LogP contribution in [0.3, 0.4) is 0 Å². The highest BCUT2D eigenvalue weighted by molar-refractivity contribution is 6.02. The number of benzene rings is 3. The molecule has 1 heterocycles. The van der Waals surface area contributed by atoms with E-state index in [1.54, 1.807) is 0 Å². The van der Waals surface area contributed by atoms with Crippen molar-refractivity contribution in [2.75, 3.05) is 31.2 Å². The molecule has 4 rings (SSSR count). The van der Waals surface area contributed by atoms with Crippen molar-refractivity contribution in [1.29, 1.82) is 0 Å². The molecule has 3 N–H and O–H groups in total. The van der Waals surface area contributed by atoms with Gasteiger partial charge >= 0.3 is 0 Å². The quantitative estimate of drug-likeness (QED) is 0.224. The number of aliphatic imine (C=N–C) groups is 1. The molecule has 1 fully saturated rings. The van der Waals surface area contributed by atoms with Crippen LogP contribution >= 0.6 is 0 Å². The maximum Gasteiger partial charge on any atom is 0.151 e. The number of aryl methyl sites for hydroxylation is 1. The van der Waals surface area contributed by atoms with Crippen LogP contribution in [0.1, 0.15) is 42.0 Å². The number of anilines is 1. The molecule has 1 aliphatic heterocycles. The summed E-state index contributed by atoms with van der Waals surface area (Å²) in [5.74, 6) is 7.68. The van der Waals surface area contributed by atoms with E-state index >= 15 is 0 Å². The predicted molar refractivity (Wildman–Crippen MR) is 139 cm³/mol. The average Bonchev–Trinajstić information content (AvgIpc) is 2.87. The minimum absolute atomic E-state index is 0.369. The van der Waals surface area contributed by atoms with Crippen LogP contribution in [-0.4, -0.2) is 32.1 Å². The molecule has 0 bridgehead atoms. The molecule has 0 spiro atoms. The lowest BCUT2D eigenvalue weighted by Crippen LogP contribution is -2.36. The summed E-state index contributed by atoms with van der Waals surface area (Å²) in [6.45, 7) is 10.3. The van der Waals surface area contributed by atoms with Gasteiger partial charge in [-0.2, -0.15) is 0 Å². The monoisotopic (exact) mass is 458 g/mol. The molecule has 3 aromatic rings. The number of rotatable bonds is 7. The van der Waals surface area contributed by atoms with Crippen LogP contribution in [0.4, 0.5) is 11.4 Å². The Labute approximate surface area is 202 Å². The lowest BCUT2D eigenvalue weighted by Gasteiger charge is -2.28. The van der Waals surface area contributed by atoms with Gasteiger partial charge in [0.2, 0.25) is 0 Å². The van der Waals surface area contributed by atoms with Gasteiger partial charge in [0.1, 0.15) is 12.4 Å². The van der Waals surface area contributed by atoms with Crippen LogP contribution in [0, 0.1) is 6.92 Å². The SMILES string of the molecule is Cc1cc(OCc2ccccc2)c(C(=Nc2ccc(N3CCOCC3)cc2)NN)cc1C(C)C. The smallest absolute Gasteiger partial charge is 0.151 e. The molecule has 0 amide bonds. The van der Waals surface area contributed by atoms with E-state index in [9.17, 15) is 0 Å². The number of ether oxygens (including phenoxy) is 2. The van der Waals surface area contributed by atoms with Crippen molar-refractivity contribution in [2.45, 2.75) is 33.3 Å². The lowest BCUT2D eigenvalue weighted by atomic mass is 9.94. The first-order valence-electron chi connectivity index (χ1n) is 11.8. The molecule has 0 aromatic heterocycles. The van der Waals surface area contributed by atoms with Gasteiger partial charge in [0.05, 0.1) is 24.5 Å². The maximum atomic E-state index is 6.26. The van der Waals surface area contributed by atoms with Gasteiger partial charge < -0.3 is 19.8 Å². The maximum absolute atomic E-state index is 6.26. The molecule has 0 radical (unpaired) electrons. The molecule has 1 aliphatic rings. The van der Waals surface area contributed by atoms with E-state index in [1.165, 1.54) is 16.8 Å². The standard InChI is InChI=1S/C28H34N4O2/c1-20(2)25-18-26(27(17-21(25)3)34-19-22-7-5-4-6-8-22)28(31-29)30-23-9-11-24(12-10-23)32-13-15-33-16-14-32/h4-12,17-18,20H,13-16,19,29H2,1-3H3,(H,30,31). The van der Waals surface area contributed by atoms with E-state index in [0.29, 0.717) is 18.4 Å². The van der Waals surface area contributed by atoms with Crippen molar-refractivity contribution in [3.05, 3.63) is 89.0 Å². The van der Waals surface area contributed by atoms with Crippen molar-refractivity contribution in [3.63, 3.8) is 0 Å². The molecule has 0 saturated carbocycles. The second-order valence-electron chi connectivity index (χ2n) is 8.85. The van der Waals surface area contributed by atoms with E-state index in [2.05, 4.69) is 67.5 Å². The molecule has 0 atom stereocenters. The molecule has 6 nitrogen and oxygen atoms in total. The second kappa shape index (κ2) is 11.2. The van der Waals surface area contributed by atoms with E-state index in [-0.39, 0.29) is 0 Å². The predicted octanol–water partition coefficient (Wildman–Crippen LogP) is 5.08. The molecule has 6 heteroatoms. The first kappa shape index (κ1) is 23.8. The molecule has 0 aliphatic carbocycles. The number of nitrogens with zero attached hydrogens (tertiary/aromatic N) is 2. The molecule has 0 unspecified atom stereocenters. The van der Waals surface area contributed by atoms with Gasteiger partial charge in [0.15, 0.2) is 5.84 Å². The van der Waals surface area contributed by atoms with Crippen LogP contribution in [0.15, 0.2) is 71.7 Å². The summed E-state index contributed by atoms with van der Waals surface area (Å²) in [7, 11) is 0. The normalized spacial score (nSPS) is 14.4. The minimum atomic E-state index is 0.369. The van der Waals surface area contributed by atoms with Crippen molar-refractivity contribution >= 4 is 17.2 Å². The first-order chi connectivity index (χ1) is 16.5. The highest BCUT2D eigenvalue weighted by Crippen LogP contribution is 2.30. The Morgan fingerprint density at radius 2 is 1.76 bits per heavy atom. The number of nitrogens with one attached hydrogen (secondary N) is 1. The number of hydrogen-bond donors (Lipinski definition) is 2. The Hall–Kier alpha value is -3.35. The van der Waals surface area contributed by atoms with Gasteiger partial charge in [-0.15, -0.1) is 0 Å². The fourth-order valence-corrected chi connectivity index (χ4v) is 4.22. The summed E-state index contributed by atoms with van der Waals surface area (Å²) >= 11 is 0. The topological polar surface area (TPSA) is 72.1 Å². The summed E-state index contributed by atoms with van der Waals surface area (Å²) in [5, 5.41) is 0. The molecule has 178 valence electrons. The van der Waals surface area contributed by atoms with Crippen molar-refractivity contribution in [2.24, 2.45) is 10.8 Å². The lowest BCUT2D eigenvalue weighted by molar-refractivity contribution is 0.122. The van der Waals surface area contributed by atoms with Crippen LogP contribution in [0.25, 0.3) is 0 Å². The molecular formula is C28H34N4O2. The third kappa shape index (κ3) is 5.76. The van der Waals surface area contributed by atoms with Gasteiger partial charge in [-0.05, 0) is 65.9 Å². The summed E-state index contributed by atoms with van der Waals surface area (Å²) < 4.78 is 11.7. The van der Waals surface area contributed by atoms with Crippen molar-refractivity contribution < 1.29 is 9.47 Å². The number of hydrazine groups is 1. The number of morpholine rings is 1. The highest BCUT2D eigenvalue weighted by atomic mass is 16.5. The largest absolute Gasteiger partial charge is 0.488 e. The summed E-state index contributed by atoms with van der Waals surface area (Å²) in [4.78, 5) is 7.16.